The quantitative estimate of drug-likeness (QED) is 0.715. The first kappa shape index (κ1) is 18.7. The van der Waals surface area contributed by atoms with Crippen molar-refractivity contribution in [2.24, 2.45) is 11.8 Å². The van der Waals surface area contributed by atoms with Crippen LogP contribution in [0.5, 0.6) is 0 Å². The maximum absolute atomic E-state index is 12.0. The number of anilines is 1. The summed E-state index contributed by atoms with van der Waals surface area (Å²) >= 11 is 0. The highest BCUT2D eigenvalue weighted by Gasteiger charge is 2.28. The van der Waals surface area contributed by atoms with Crippen molar-refractivity contribution in [3.63, 3.8) is 0 Å². The highest BCUT2D eigenvalue weighted by Crippen LogP contribution is 2.16. The van der Waals surface area contributed by atoms with Crippen LogP contribution in [0.4, 0.5) is 5.69 Å². The monoisotopic (exact) mass is 347 g/mol. The Morgan fingerprint density at radius 1 is 1.41 bits per heavy atom. The molecule has 1 fully saturated rings. The maximum atomic E-state index is 12.0. The van der Waals surface area contributed by atoms with Gasteiger partial charge in [0.05, 0.1) is 6.26 Å². The van der Waals surface area contributed by atoms with E-state index in [0.29, 0.717) is 18.2 Å². The summed E-state index contributed by atoms with van der Waals surface area (Å²) in [5.74, 6) is 0.426. The van der Waals surface area contributed by atoms with E-state index in [2.05, 4.69) is 15.4 Å². The minimum absolute atomic E-state index is 0. The molecular weight excluding hydrogens is 326 g/mol. The van der Waals surface area contributed by atoms with E-state index in [1.54, 1.807) is 18.2 Å². The minimum atomic E-state index is -3.29. The fourth-order valence-electron chi connectivity index (χ4n) is 2.19. The number of halogens is 1. The summed E-state index contributed by atoms with van der Waals surface area (Å²) in [4.78, 5) is 12.0. The van der Waals surface area contributed by atoms with Crippen LogP contribution in [0.2, 0.25) is 0 Å². The fourth-order valence-corrected chi connectivity index (χ4v) is 2.74. The van der Waals surface area contributed by atoms with Crippen LogP contribution >= 0.6 is 12.4 Å². The van der Waals surface area contributed by atoms with Gasteiger partial charge in [0, 0.05) is 18.2 Å². The minimum Gasteiger partial charge on any atom is -0.352 e. The van der Waals surface area contributed by atoms with Gasteiger partial charge in [0.1, 0.15) is 0 Å². The van der Waals surface area contributed by atoms with E-state index in [4.69, 9.17) is 0 Å². The predicted octanol–water partition coefficient (Wildman–Crippen LogP) is 0.952. The zero-order valence-corrected chi connectivity index (χ0v) is 14.3. The van der Waals surface area contributed by atoms with Crippen molar-refractivity contribution in [2.45, 2.75) is 13.5 Å². The second-order valence-electron chi connectivity index (χ2n) is 5.50. The lowest BCUT2D eigenvalue weighted by Gasteiger charge is -2.31. The third-order valence-corrected chi connectivity index (χ3v) is 4.24. The Morgan fingerprint density at radius 2 is 2.09 bits per heavy atom. The van der Waals surface area contributed by atoms with Crippen LogP contribution in [0, 0.1) is 11.8 Å². The van der Waals surface area contributed by atoms with Crippen molar-refractivity contribution in [3.8, 4) is 0 Å². The summed E-state index contributed by atoms with van der Waals surface area (Å²) in [5.41, 5.74) is 1.36. The Morgan fingerprint density at radius 3 is 2.64 bits per heavy atom. The number of carbonyl (C=O) groups excluding carboxylic acids is 1. The van der Waals surface area contributed by atoms with E-state index < -0.39 is 10.0 Å². The van der Waals surface area contributed by atoms with Crippen molar-refractivity contribution in [3.05, 3.63) is 29.8 Å². The lowest BCUT2D eigenvalue weighted by Crippen LogP contribution is -2.49. The van der Waals surface area contributed by atoms with Crippen LogP contribution < -0.4 is 15.4 Å². The zero-order chi connectivity index (χ0) is 15.5. The predicted molar refractivity (Wildman–Crippen MR) is 89.5 cm³/mol. The molecular formula is C14H22ClN3O3S. The summed E-state index contributed by atoms with van der Waals surface area (Å²) in [6.45, 7) is 4.11. The van der Waals surface area contributed by atoms with Crippen LogP contribution in [0.3, 0.4) is 0 Å². The molecule has 1 unspecified atom stereocenters. The van der Waals surface area contributed by atoms with Crippen molar-refractivity contribution < 1.29 is 13.2 Å². The molecule has 1 aromatic carbocycles. The Kier molecular flexibility index (Phi) is 6.65. The van der Waals surface area contributed by atoms with E-state index >= 15 is 0 Å². The van der Waals surface area contributed by atoms with Crippen molar-refractivity contribution in [2.75, 3.05) is 24.1 Å². The Balaban J connectivity index is 0.00000242. The van der Waals surface area contributed by atoms with E-state index in [1.807, 2.05) is 13.0 Å². The smallest absolute Gasteiger partial charge is 0.229 e. The highest BCUT2D eigenvalue weighted by molar-refractivity contribution is 7.92. The molecule has 0 aromatic heterocycles. The van der Waals surface area contributed by atoms with Gasteiger partial charge < -0.3 is 10.6 Å². The van der Waals surface area contributed by atoms with E-state index in [0.717, 1.165) is 24.9 Å². The van der Waals surface area contributed by atoms with Crippen LogP contribution in [0.1, 0.15) is 12.5 Å². The van der Waals surface area contributed by atoms with Crippen molar-refractivity contribution >= 4 is 34.0 Å². The maximum Gasteiger partial charge on any atom is 0.229 e. The van der Waals surface area contributed by atoms with Gasteiger partial charge in [0.15, 0.2) is 0 Å². The molecule has 6 nitrogen and oxygen atoms in total. The van der Waals surface area contributed by atoms with Gasteiger partial charge in [-0.25, -0.2) is 8.42 Å². The summed E-state index contributed by atoms with van der Waals surface area (Å²) in [7, 11) is -3.29. The molecule has 0 spiro atoms. The SMILES string of the molecule is CC(C(=O)NCc1cccc(NS(C)(=O)=O)c1)C1CNC1.Cl. The molecule has 0 aliphatic carbocycles. The van der Waals surface area contributed by atoms with Gasteiger partial charge >= 0.3 is 0 Å². The molecule has 0 saturated carbocycles. The Hall–Kier alpha value is -1.31. The average molecular weight is 348 g/mol. The number of hydrogen-bond acceptors (Lipinski definition) is 4. The Labute approximate surface area is 137 Å². The number of carbonyl (C=O) groups is 1. The molecule has 1 atom stereocenters. The van der Waals surface area contributed by atoms with Gasteiger partial charge in [0.2, 0.25) is 15.9 Å². The number of hydrogen-bond donors (Lipinski definition) is 3. The summed E-state index contributed by atoms with van der Waals surface area (Å²) in [6.07, 6.45) is 1.11. The lowest BCUT2D eigenvalue weighted by atomic mass is 9.88. The summed E-state index contributed by atoms with van der Waals surface area (Å²) in [6, 6.07) is 7.00. The van der Waals surface area contributed by atoms with Crippen LogP contribution in [-0.2, 0) is 21.4 Å². The van der Waals surface area contributed by atoms with Gasteiger partial charge in [-0.05, 0) is 36.7 Å². The topological polar surface area (TPSA) is 87.3 Å². The molecule has 1 aliphatic rings. The first-order valence-corrected chi connectivity index (χ1v) is 8.79. The molecule has 3 N–H and O–H groups in total. The summed E-state index contributed by atoms with van der Waals surface area (Å²) < 4.78 is 24.8. The second kappa shape index (κ2) is 7.80. The molecule has 124 valence electrons. The molecule has 1 aliphatic heterocycles. The zero-order valence-electron chi connectivity index (χ0n) is 12.6. The standard InChI is InChI=1S/C14H21N3O3S.ClH/c1-10(12-8-15-9-12)14(18)16-7-11-4-3-5-13(6-11)17-21(2,19)20;/h3-6,10,12,15,17H,7-9H2,1-2H3,(H,16,18);1H. The van der Waals surface area contributed by atoms with Gasteiger partial charge in [-0.15, -0.1) is 12.4 Å². The molecule has 0 bridgehead atoms. The van der Waals surface area contributed by atoms with Crippen LogP contribution in [-0.4, -0.2) is 33.7 Å². The molecule has 8 heteroatoms. The Bertz CT molecular complexity index is 618. The second-order valence-corrected chi connectivity index (χ2v) is 7.25. The van der Waals surface area contributed by atoms with Crippen molar-refractivity contribution in [1.29, 1.82) is 0 Å². The molecule has 1 heterocycles. The van der Waals surface area contributed by atoms with Gasteiger partial charge in [0.25, 0.3) is 0 Å². The first-order valence-electron chi connectivity index (χ1n) is 6.90. The number of nitrogens with one attached hydrogen (secondary N) is 3. The molecule has 22 heavy (non-hydrogen) atoms. The molecule has 1 aromatic rings. The fraction of sp³-hybridized carbons (Fsp3) is 0.500. The summed E-state index contributed by atoms with van der Waals surface area (Å²) in [5, 5.41) is 6.05. The van der Waals surface area contributed by atoms with Crippen LogP contribution in [0.15, 0.2) is 24.3 Å². The number of amides is 1. The third kappa shape index (κ3) is 5.47. The lowest BCUT2D eigenvalue weighted by molar-refractivity contribution is -0.126. The van der Waals surface area contributed by atoms with E-state index in [-0.39, 0.29) is 24.2 Å². The van der Waals surface area contributed by atoms with E-state index in [1.165, 1.54) is 0 Å². The molecule has 1 amide bonds. The van der Waals surface area contributed by atoms with Gasteiger partial charge in [-0.2, -0.15) is 0 Å². The molecule has 2 rings (SSSR count). The number of rotatable bonds is 6. The first-order chi connectivity index (χ1) is 9.85. The van der Waals surface area contributed by atoms with Gasteiger partial charge in [-0.3, -0.25) is 9.52 Å². The van der Waals surface area contributed by atoms with E-state index in [9.17, 15) is 13.2 Å². The third-order valence-electron chi connectivity index (χ3n) is 3.63. The largest absolute Gasteiger partial charge is 0.352 e. The van der Waals surface area contributed by atoms with Crippen molar-refractivity contribution in [1.82, 2.24) is 10.6 Å². The van der Waals surface area contributed by atoms with Gasteiger partial charge in [-0.1, -0.05) is 19.1 Å². The number of sulfonamides is 1. The highest BCUT2D eigenvalue weighted by atomic mass is 35.5. The molecule has 0 radical (unpaired) electrons. The average Bonchev–Trinajstić information content (AvgIpc) is 2.32. The molecule has 1 saturated heterocycles. The van der Waals surface area contributed by atoms with Crippen LogP contribution in [0.25, 0.3) is 0 Å². The normalized spacial score (nSPS) is 16.1. The number of benzene rings is 1.